The van der Waals surface area contributed by atoms with Crippen LogP contribution in [0.1, 0.15) is 56.3 Å². The second-order valence-corrected chi connectivity index (χ2v) is 8.38. The fourth-order valence-corrected chi connectivity index (χ4v) is 3.13. The van der Waals surface area contributed by atoms with Gasteiger partial charge in [-0.2, -0.15) is 5.10 Å². The van der Waals surface area contributed by atoms with Gasteiger partial charge in [-0.25, -0.2) is 14.7 Å². The van der Waals surface area contributed by atoms with E-state index in [0.717, 1.165) is 40.9 Å². The molecule has 0 aliphatic heterocycles. The number of nitrogens with zero attached hydrogens (tertiary/aromatic N) is 4. The zero-order valence-electron chi connectivity index (χ0n) is 19.2. The minimum atomic E-state index is -0.0590. The van der Waals surface area contributed by atoms with Crippen molar-refractivity contribution >= 4 is 29.9 Å². The summed E-state index contributed by atoms with van der Waals surface area (Å²) < 4.78 is 7.84. The molecular formula is C23H33IN6O. The molecule has 1 aromatic carbocycles. The zero-order chi connectivity index (χ0) is 21.7. The Kier molecular flexibility index (Phi) is 8.67. The van der Waals surface area contributed by atoms with Crippen LogP contribution in [0.3, 0.4) is 0 Å². The second-order valence-electron chi connectivity index (χ2n) is 8.38. The number of aliphatic imine (C=N–C) groups is 1. The quantitative estimate of drug-likeness (QED) is 0.273. The first-order chi connectivity index (χ1) is 14.3. The van der Waals surface area contributed by atoms with Gasteiger partial charge in [0, 0.05) is 17.7 Å². The Bertz CT molecular complexity index is 1020. The summed E-state index contributed by atoms with van der Waals surface area (Å²) in [6.45, 7) is 14.2. The minimum Gasteiger partial charge on any atom is -0.443 e. The Morgan fingerprint density at radius 3 is 2.52 bits per heavy atom. The number of aryl methyl sites for hydroxylation is 2. The Labute approximate surface area is 201 Å². The number of oxazole rings is 1. The number of hydrogen-bond acceptors (Lipinski definition) is 4. The van der Waals surface area contributed by atoms with Gasteiger partial charge in [0.05, 0.1) is 30.7 Å². The number of benzene rings is 1. The summed E-state index contributed by atoms with van der Waals surface area (Å²) in [6, 6.07) is 10.3. The predicted octanol–water partition coefficient (Wildman–Crippen LogP) is 4.65. The third-order valence-corrected chi connectivity index (χ3v) is 4.68. The van der Waals surface area contributed by atoms with Crippen LogP contribution < -0.4 is 10.6 Å². The van der Waals surface area contributed by atoms with Gasteiger partial charge in [-0.3, -0.25) is 0 Å². The van der Waals surface area contributed by atoms with Crippen molar-refractivity contribution in [3.63, 3.8) is 0 Å². The fourth-order valence-electron chi connectivity index (χ4n) is 3.13. The summed E-state index contributed by atoms with van der Waals surface area (Å²) >= 11 is 0. The molecule has 3 rings (SSSR count). The largest absolute Gasteiger partial charge is 0.443 e. The summed E-state index contributed by atoms with van der Waals surface area (Å²) in [4.78, 5) is 9.14. The molecule has 0 spiro atoms. The molecule has 3 aromatic rings. The Morgan fingerprint density at radius 2 is 1.90 bits per heavy atom. The van der Waals surface area contributed by atoms with Crippen molar-refractivity contribution in [3.05, 3.63) is 65.1 Å². The number of halogens is 1. The molecule has 2 N–H and O–H groups in total. The number of rotatable bonds is 6. The third-order valence-electron chi connectivity index (χ3n) is 4.68. The summed E-state index contributed by atoms with van der Waals surface area (Å²) in [6.07, 6.45) is 1.80. The van der Waals surface area contributed by atoms with Crippen LogP contribution in [-0.4, -0.2) is 27.3 Å². The van der Waals surface area contributed by atoms with Crippen LogP contribution in [0, 0.1) is 13.8 Å². The molecule has 0 radical (unpaired) electrons. The van der Waals surface area contributed by atoms with Crippen molar-refractivity contribution in [2.75, 3.05) is 6.54 Å². The van der Waals surface area contributed by atoms with E-state index < -0.39 is 0 Å². The van der Waals surface area contributed by atoms with Crippen molar-refractivity contribution in [2.24, 2.45) is 4.99 Å². The predicted molar refractivity (Wildman–Crippen MR) is 135 cm³/mol. The molecule has 0 saturated carbocycles. The summed E-state index contributed by atoms with van der Waals surface area (Å²) in [7, 11) is 0. The first kappa shape index (κ1) is 24.9. The monoisotopic (exact) mass is 536 g/mol. The van der Waals surface area contributed by atoms with E-state index in [0.29, 0.717) is 19.0 Å². The molecule has 0 aliphatic rings. The molecule has 0 saturated heterocycles. The minimum absolute atomic E-state index is 0. The molecule has 168 valence electrons. The molecule has 31 heavy (non-hydrogen) atoms. The molecule has 8 heteroatoms. The standard InChI is InChI=1S/C23H32N6O.HI/c1-7-24-22(27-15-21-25-14-20(30-21)23(4,5)6)26-13-18-10-8-9-11-19(18)29-17(3)12-16(2)28-29;/h8-12,14H,7,13,15H2,1-6H3,(H2,24,26,27);1H. The Morgan fingerprint density at radius 1 is 1.16 bits per heavy atom. The van der Waals surface area contributed by atoms with Gasteiger partial charge >= 0.3 is 0 Å². The van der Waals surface area contributed by atoms with E-state index in [1.807, 2.05) is 30.7 Å². The van der Waals surface area contributed by atoms with Gasteiger partial charge in [0.25, 0.3) is 0 Å². The van der Waals surface area contributed by atoms with E-state index in [1.54, 1.807) is 6.20 Å². The smallest absolute Gasteiger partial charge is 0.213 e. The van der Waals surface area contributed by atoms with Crippen LogP contribution in [0.2, 0.25) is 0 Å². The van der Waals surface area contributed by atoms with Gasteiger partial charge in [0.2, 0.25) is 5.89 Å². The lowest BCUT2D eigenvalue weighted by Gasteiger charge is -2.14. The normalized spacial score (nSPS) is 11.9. The third kappa shape index (κ3) is 6.56. The van der Waals surface area contributed by atoms with Crippen molar-refractivity contribution in [3.8, 4) is 5.69 Å². The average Bonchev–Trinajstić information content (AvgIpc) is 3.30. The van der Waals surface area contributed by atoms with Crippen molar-refractivity contribution in [1.29, 1.82) is 0 Å². The van der Waals surface area contributed by atoms with Crippen LogP contribution in [0.25, 0.3) is 5.69 Å². The molecule has 0 bridgehead atoms. The summed E-state index contributed by atoms with van der Waals surface area (Å²) in [5.41, 5.74) is 4.20. The highest BCUT2D eigenvalue weighted by atomic mass is 127. The van der Waals surface area contributed by atoms with Crippen LogP contribution in [0.15, 0.2) is 45.9 Å². The fraction of sp³-hybridized carbons (Fsp3) is 0.435. The van der Waals surface area contributed by atoms with Gasteiger partial charge < -0.3 is 15.1 Å². The molecule has 0 fully saturated rings. The van der Waals surface area contributed by atoms with Crippen molar-refractivity contribution in [2.45, 2.75) is 60.0 Å². The Balaban J connectivity index is 0.00000341. The molecule has 7 nitrogen and oxygen atoms in total. The number of aromatic nitrogens is 3. The maximum atomic E-state index is 5.86. The van der Waals surface area contributed by atoms with Crippen LogP contribution >= 0.6 is 24.0 Å². The highest BCUT2D eigenvalue weighted by molar-refractivity contribution is 14.0. The zero-order valence-corrected chi connectivity index (χ0v) is 21.5. The highest BCUT2D eigenvalue weighted by Crippen LogP contribution is 2.22. The summed E-state index contributed by atoms with van der Waals surface area (Å²) in [5.74, 6) is 2.24. The molecule has 0 unspecified atom stereocenters. The number of guanidine groups is 1. The molecule has 2 aromatic heterocycles. The van der Waals surface area contributed by atoms with Gasteiger partial charge in [-0.1, -0.05) is 39.0 Å². The van der Waals surface area contributed by atoms with Gasteiger partial charge in [0.15, 0.2) is 5.96 Å². The number of nitrogens with one attached hydrogen (secondary N) is 2. The first-order valence-corrected chi connectivity index (χ1v) is 10.4. The second kappa shape index (κ2) is 10.8. The SMILES string of the molecule is CCNC(=NCc1ccccc1-n1nc(C)cc1C)NCc1ncc(C(C)(C)C)o1.I. The maximum Gasteiger partial charge on any atom is 0.213 e. The van der Waals surface area contributed by atoms with Crippen LogP contribution in [0.5, 0.6) is 0 Å². The lowest BCUT2D eigenvalue weighted by molar-refractivity contribution is 0.379. The van der Waals surface area contributed by atoms with E-state index in [1.165, 1.54) is 0 Å². The van der Waals surface area contributed by atoms with Gasteiger partial charge in [-0.15, -0.1) is 24.0 Å². The van der Waals surface area contributed by atoms with Gasteiger partial charge in [-0.05, 0) is 38.5 Å². The van der Waals surface area contributed by atoms with Gasteiger partial charge in [0.1, 0.15) is 5.76 Å². The van der Waals surface area contributed by atoms with Crippen molar-refractivity contribution in [1.82, 2.24) is 25.4 Å². The topological polar surface area (TPSA) is 80.3 Å². The van der Waals surface area contributed by atoms with E-state index >= 15 is 0 Å². The first-order valence-electron chi connectivity index (χ1n) is 10.4. The molecule has 2 heterocycles. The summed E-state index contributed by atoms with van der Waals surface area (Å²) in [5, 5.41) is 11.2. The number of para-hydroxylation sites is 1. The molecule has 0 amide bonds. The maximum absolute atomic E-state index is 5.86. The van der Waals surface area contributed by atoms with E-state index in [4.69, 9.17) is 9.41 Å². The van der Waals surface area contributed by atoms with E-state index in [-0.39, 0.29) is 29.4 Å². The average molecular weight is 536 g/mol. The van der Waals surface area contributed by atoms with Crippen LogP contribution in [0.4, 0.5) is 0 Å². The van der Waals surface area contributed by atoms with E-state index in [9.17, 15) is 0 Å². The lowest BCUT2D eigenvalue weighted by Crippen LogP contribution is -2.36. The van der Waals surface area contributed by atoms with E-state index in [2.05, 4.69) is 66.6 Å². The number of hydrogen-bond donors (Lipinski definition) is 2. The molecular weight excluding hydrogens is 503 g/mol. The molecule has 0 aliphatic carbocycles. The van der Waals surface area contributed by atoms with Crippen molar-refractivity contribution < 1.29 is 4.42 Å². The molecule has 0 atom stereocenters. The highest BCUT2D eigenvalue weighted by Gasteiger charge is 2.19. The Hall–Kier alpha value is -2.36. The van der Waals surface area contributed by atoms with Crippen LogP contribution in [-0.2, 0) is 18.5 Å². The lowest BCUT2D eigenvalue weighted by atomic mass is 9.94.